The van der Waals surface area contributed by atoms with E-state index in [4.69, 9.17) is 9.47 Å². The molecule has 0 fully saturated rings. The number of methoxy groups -OCH3 is 1. The first-order valence-corrected chi connectivity index (χ1v) is 11.1. The Kier molecular flexibility index (Phi) is 6.76. The predicted molar refractivity (Wildman–Crippen MR) is 124 cm³/mol. The number of thioether (sulfide) groups is 1. The third kappa shape index (κ3) is 4.78. The summed E-state index contributed by atoms with van der Waals surface area (Å²) in [7, 11) is 1.63. The first kappa shape index (κ1) is 21.5. The van der Waals surface area contributed by atoms with Crippen LogP contribution in [0, 0.1) is 0 Å². The van der Waals surface area contributed by atoms with Crippen molar-refractivity contribution in [2.24, 2.45) is 0 Å². The van der Waals surface area contributed by atoms with E-state index in [1.165, 1.54) is 11.8 Å². The fourth-order valence-electron chi connectivity index (χ4n) is 3.11. The quantitative estimate of drug-likeness (QED) is 0.386. The zero-order valence-electron chi connectivity index (χ0n) is 17.8. The Morgan fingerprint density at radius 1 is 1.03 bits per heavy atom. The second-order valence-electron chi connectivity index (χ2n) is 6.68. The van der Waals surface area contributed by atoms with Gasteiger partial charge in [-0.15, -0.1) is 10.2 Å². The Labute approximate surface area is 190 Å². The van der Waals surface area contributed by atoms with Gasteiger partial charge < -0.3 is 14.8 Å². The van der Waals surface area contributed by atoms with Crippen LogP contribution in [-0.2, 0) is 4.79 Å². The van der Waals surface area contributed by atoms with Crippen LogP contribution >= 0.6 is 11.8 Å². The van der Waals surface area contributed by atoms with Crippen LogP contribution in [0.1, 0.15) is 6.92 Å². The molecule has 164 valence electrons. The number of para-hydroxylation sites is 2. The summed E-state index contributed by atoms with van der Waals surface area (Å²) in [5.41, 5.74) is 1.53. The molecule has 2 aromatic heterocycles. The lowest BCUT2D eigenvalue weighted by molar-refractivity contribution is -0.113. The number of ether oxygens (including phenoxy) is 2. The number of anilines is 1. The van der Waals surface area contributed by atoms with Crippen LogP contribution in [0.3, 0.4) is 0 Å². The lowest BCUT2D eigenvalue weighted by atomic mass is 10.2. The van der Waals surface area contributed by atoms with E-state index in [0.29, 0.717) is 29.0 Å². The Bertz CT molecular complexity index is 1170. The summed E-state index contributed by atoms with van der Waals surface area (Å²) in [5, 5.41) is 12.2. The molecule has 2 aromatic carbocycles. The average Bonchev–Trinajstić information content (AvgIpc) is 3.49. The van der Waals surface area contributed by atoms with E-state index in [1.54, 1.807) is 7.11 Å². The van der Waals surface area contributed by atoms with Crippen molar-refractivity contribution in [2.75, 3.05) is 24.8 Å². The Balaban J connectivity index is 1.54. The minimum absolute atomic E-state index is 0.157. The van der Waals surface area contributed by atoms with Crippen LogP contribution in [-0.4, -0.2) is 44.9 Å². The fraction of sp³-hybridized carbons (Fsp3) is 0.174. The van der Waals surface area contributed by atoms with Crippen LogP contribution in [0.25, 0.3) is 11.4 Å². The van der Waals surface area contributed by atoms with Gasteiger partial charge in [-0.2, -0.15) is 0 Å². The number of aromatic nitrogens is 4. The molecule has 4 rings (SSSR count). The van der Waals surface area contributed by atoms with Crippen molar-refractivity contribution < 1.29 is 14.3 Å². The molecular weight excluding hydrogens is 426 g/mol. The first-order valence-electron chi connectivity index (χ1n) is 10.1. The molecule has 0 saturated carbocycles. The molecule has 9 heteroatoms. The first-order chi connectivity index (χ1) is 15.7. The number of benzene rings is 2. The van der Waals surface area contributed by atoms with Gasteiger partial charge in [-0.05, 0) is 55.5 Å². The van der Waals surface area contributed by atoms with Crippen LogP contribution in [0.15, 0.2) is 78.2 Å². The number of carbonyl (C=O) groups excluding carboxylic acids is 1. The Hall–Kier alpha value is -3.72. The van der Waals surface area contributed by atoms with E-state index in [1.807, 2.05) is 89.3 Å². The highest BCUT2D eigenvalue weighted by atomic mass is 32.2. The molecular formula is C23H23N5O3S. The molecule has 32 heavy (non-hydrogen) atoms. The number of hydrogen-bond acceptors (Lipinski definition) is 6. The van der Waals surface area contributed by atoms with Crippen LogP contribution in [0.4, 0.5) is 5.69 Å². The maximum absolute atomic E-state index is 12.6. The predicted octanol–water partition coefficient (Wildman–Crippen LogP) is 4.20. The number of amides is 1. The molecule has 0 saturated heterocycles. The third-order valence-corrected chi connectivity index (χ3v) is 5.49. The maximum Gasteiger partial charge on any atom is 0.234 e. The standard InChI is InChI=1S/C23H23N5O3S/c1-3-31-20-9-5-4-8-19(20)24-21(29)16-32-23-26-25-22(28(23)27-14-6-7-15-27)17-10-12-18(30-2)13-11-17/h4-15H,3,16H2,1-2H3,(H,24,29). The van der Waals surface area contributed by atoms with Gasteiger partial charge in [0.1, 0.15) is 11.5 Å². The summed E-state index contributed by atoms with van der Waals surface area (Å²) in [6.45, 7) is 2.43. The summed E-state index contributed by atoms with van der Waals surface area (Å²) in [5.74, 6) is 2.08. The van der Waals surface area contributed by atoms with Crippen molar-refractivity contribution in [2.45, 2.75) is 12.1 Å². The van der Waals surface area contributed by atoms with Crippen molar-refractivity contribution in [1.82, 2.24) is 19.5 Å². The minimum atomic E-state index is -0.157. The van der Waals surface area contributed by atoms with Crippen LogP contribution in [0.5, 0.6) is 11.5 Å². The summed E-state index contributed by atoms with van der Waals surface area (Å²) in [6, 6.07) is 18.8. The highest BCUT2D eigenvalue weighted by molar-refractivity contribution is 7.99. The van der Waals surface area contributed by atoms with Gasteiger partial charge in [0.25, 0.3) is 0 Å². The maximum atomic E-state index is 12.6. The van der Waals surface area contributed by atoms with E-state index < -0.39 is 0 Å². The van der Waals surface area contributed by atoms with Gasteiger partial charge in [0.15, 0.2) is 5.82 Å². The lowest BCUT2D eigenvalue weighted by Gasteiger charge is -2.12. The van der Waals surface area contributed by atoms with E-state index in [0.717, 1.165) is 11.3 Å². The number of nitrogens with zero attached hydrogens (tertiary/aromatic N) is 4. The molecule has 0 radical (unpaired) electrons. The smallest absolute Gasteiger partial charge is 0.234 e. The number of rotatable bonds is 9. The average molecular weight is 450 g/mol. The van der Waals surface area contributed by atoms with Gasteiger partial charge in [-0.3, -0.25) is 9.47 Å². The minimum Gasteiger partial charge on any atom is -0.497 e. The van der Waals surface area contributed by atoms with Gasteiger partial charge >= 0.3 is 0 Å². The molecule has 4 aromatic rings. The molecule has 8 nitrogen and oxygen atoms in total. The van der Waals surface area contributed by atoms with E-state index in [9.17, 15) is 4.79 Å². The van der Waals surface area contributed by atoms with Crippen molar-refractivity contribution in [3.63, 3.8) is 0 Å². The van der Waals surface area contributed by atoms with Gasteiger partial charge in [0.05, 0.1) is 25.2 Å². The van der Waals surface area contributed by atoms with E-state index in [-0.39, 0.29) is 11.7 Å². The van der Waals surface area contributed by atoms with Gasteiger partial charge in [0.2, 0.25) is 11.1 Å². The van der Waals surface area contributed by atoms with E-state index >= 15 is 0 Å². The largest absolute Gasteiger partial charge is 0.497 e. The molecule has 0 spiro atoms. The lowest BCUT2D eigenvalue weighted by Crippen LogP contribution is -2.16. The molecule has 0 unspecified atom stereocenters. The molecule has 2 heterocycles. The Morgan fingerprint density at radius 2 is 1.78 bits per heavy atom. The molecule has 1 amide bonds. The summed E-state index contributed by atoms with van der Waals surface area (Å²) in [6.07, 6.45) is 3.80. The van der Waals surface area contributed by atoms with Crippen LogP contribution in [0.2, 0.25) is 0 Å². The Morgan fingerprint density at radius 3 is 2.50 bits per heavy atom. The summed E-state index contributed by atoms with van der Waals surface area (Å²) in [4.78, 5) is 12.6. The second-order valence-corrected chi connectivity index (χ2v) is 7.62. The molecule has 1 N–H and O–H groups in total. The monoisotopic (exact) mass is 449 g/mol. The SMILES string of the molecule is CCOc1ccccc1NC(=O)CSc1nnc(-c2ccc(OC)cc2)n1-n1cccc1. The third-order valence-electron chi connectivity index (χ3n) is 4.57. The van der Waals surface area contributed by atoms with Crippen molar-refractivity contribution in [3.05, 3.63) is 73.1 Å². The zero-order valence-corrected chi connectivity index (χ0v) is 18.6. The molecule has 0 atom stereocenters. The van der Waals surface area contributed by atoms with Crippen molar-refractivity contribution in [3.8, 4) is 22.9 Å². The van der Waals surface area contributed by atoms with Gasteiger partial charge in [-0.1, -0.05) is 23.9 Å². The highest BCUT2D eigenvalue weighted by Crippen LogP contribution is 2.27. The topological polar surface area (TPSA) is 83.2 Å². The van der Waals surface area contributed by atoms with Crippen LogP contribution < -0.4 is 14.8 Å². The molecule has 0 aliphatic heterocycles. The molecule has 0 bridgehead atoms. The van der Waals surface area contributed by atoms with Gasteiger partial charge in [-0.25, -0.2) is 4.68 Å². The highest BCUT2D eigenvalue weighted by Gasteiger charge is 2.17. The number of nitrogens with one attached hydrogen (secondary N) is 1. The molecule has 0 aliphatic carbocycles. The number of carbonyl (C=O) groups is 1. The van der Waals surface area contributed by atoms with Gasteiger partial charge in [0, 0.05) is 18.0 Å². The molecule has 0 aliphatic rings. The van der Waals surface area contributed by atoms with Crippen molar-refractivity contribution >= 4 is 23.4 Å². The normalized spacial score (nSPS) is 10.7. The zero-order chi connectivity index (χ0) is 22.3. The number of hydrogen-bond donors (Lipinski definition) is 1. The van der Waals surface area contributed by atoms with Crippen molar-refractivity contribution in [1.29, 1.82) is 0 Å². The summed E-state index contributed by atoms with van der Waals surface area (Å²) >= 11 is 1.31. The summed E-state index contributed by atoms with van der Waals surface area (Å²) < 4.78 is 14.6. The van der Waals surface area contributed by atoms with E-state index in [2.05, 4.69) is 15.5 Å². The second kappa shape index (κ2) is 10.1. The fourth-order valence-corrected chi connectivity index (χ4v) is 3.84.